The van der Waals surface area contributed by atoms with Crippen LogP contribution in [0, 0.1) is 5.92 Å². The van der Waals surface area contributed by atoms with E-state index < -0.39 is 0 Å². The van der Waals surface area contributed by atoms with Crippen molar-refractivity contribution in [1.82, 2.24) is 9.88 Å². The van der Waals surface area contributed by atoms with E-state index in [0.29, 0.717) is 11.7 Å². The van der Waals surface area contributed by atoms with Gasteiger partial charge in [-0.3, -0.25) is 14.7 Å². The Labute approximate surface area is 127 Å². The lowest BCUT2D eigenvalue weighted by atomic mass is 9.85. The number of nitrogens with zero attached hydrogens (tertiary/aromatic N) is 3. The summed E-state index contributed by atoms with van der Waals surface area (Å²) < 4.78 is 0. The molecule has 0 N–H and O–H groups in total. The molecular weight excluding hydrogens is 262 g/mol. The Morgan fingerprint density at radius 3 is 2.57 bits per heavy atom. The van der Waals surface area contributed by atoms with Gasteiger partial charge in [0.15, 0.2) is 0 Å². The Morgan fingerprint density at radius 1 is 1.10 bits per heavy atom. The molecule has 1 saturated heterocycles. The summed E-state index contributed by atoms with van der Waals surface area (Å²) in [6.07, 6.45) is 9.07. The van der Waals surface area contributed by atoms with Gasteiger partial charge >= 0.3 is 0 Å². The zero-order valence-electron chi connectivity index (χ0n) is 12.7. The molecule has 1 atom stereocenters. The maximum atomic E-state index is 11.9. The highest BCUT2D eigenvalue weighted by Gasteiger charge is 2.24. The van der Waals surface area contributed by atoms with E-state index in [1.54, 1.807) is 0 Å². The topological polar surface area (TPSA) is 36.4 Å². The van der Waals surface area contributed by atoms with E-state index in [4.69, 9.17) is 0 Å². The highest BCUT2D eigenvalue weighted by atomic mass is 16.1. The van der Waals surface area contributed by atoms with Crippen molar-refractivity contribution in [1.29, 1.82) is 0 Å². The van der Waals surface area contributed by atoms with E-state index in [9.17, 15) is 4.79 Å². The molecule has 1 saturated carbocycles. The first-order chi connectivity index (χ1) is 10.3. The quantitative estimate of drug-likeness (QED) is 0.852. The van der Waals surface area contributed by atoms with Crippen LogP contribution in [0.25, 0.3) is 0 Å². The van der Waals surface area contributed by atoms with E-state index in [1.165, 1.54) is 12.1 Å². The number of pyridine rings is 1. The van der Waals surface area contributed by atoms with Crippen LogP contribution in [0.15, 0.2) is 24.5 Å². The minimum atomic E-state index is 0.344. The number of hydrogen-bond donors (Lipinski definition) is 0. The van der Waals surface area contributed by atoms with Gasteiger partial charge in [0.05, 0.1) is 0 Å². The number of aromatic nitrogens is 1. The number of piperazine rings is 1. The number of rotatable bonds is 4. The number of carbonyl (C=O) groups excluding carboxylic acids is 1. The Morgan fingerprint density at radius 2 is 1.86 bits per heavy atom. The maximum Gasteiger partial charge on any atom is 0.136 e. The number of Topliss-reactive ketones (excluding diaryl/α,β-unsaturated/α-hetero) is 1. The molecule has 21 heavy (non-hydrogen) atoms. The van der Waals surface area contributed by atoms with Gasteiger partial charge in [-0.15, -0.1) is 0 Å². The molecule has 1 aliphatic heterocycles. The molecule has 0 radical (unpaired) electrons. The summed E-state index contributed by atoms with van der Waals surface area (Å²) in [4.78, 5) is 20.9. The summed E-state index contributed by atoms with van der Waals surface area (Å²) in [5, 5.41) is 0. The van der Waals surface area contributed by atoms with Crippen molar-refractivity contribution in [3.05, 3.63) is 24.5 Å². The number of anilines is 1. The van der Waals surface area contributed by atoms with Crippen molar-refractivity contribution in [3.8, 4) is 0 Å². The molecule has 2 aliphatic rings. The van der Waals surface area contributed by atoms with Gasteiger partial charge in [0.25, 0.3) is 0 Å². The Bertz CT molecular complexity index is 454. The monoisotopic (exact) mass is 287 g/mol. The van der Waals surface area contributed by atoms with Gasteiger partial charge in [0, 0.05) is 56.6 Å². The molecule has 0 aromatic carbocycles. The molecule has 0 spiro atoms. The van der Waals surface area contributed by atoms with Crippen LogP contribution >= 0.6 is 0 Å². The highest BCUT2D eigenvalue weighted by molar-refractivity contribution is 5.81. The van der Waals surface area contributed by atoms with Crippen LogP contribution in [0.5, 0.6) is 0 Å². The molecule has 2 fully saturated rings. The van der Waals surface area contributed by atoms with Crippen molar-refractivity contribution in [2.45, 2.75) is 32.1 Å². The van der Waals surface area contributed by atoms with Gasteiger partial charge in [-0.25, -0.2) is 0 Å². The molecule has 0 bridgehead atoms. The molecule has 4 heteroatoms. The lowest BCUT2D eigenvalue weighted by Gasteiger charge is -2.36. The first-order valence-corrected chi connectivity index (χ1v) is 8.23. The van der Waals surface area contributed by atoms with Gasteiger partial charge in [-0.05, 0) is 37.9 Å². The molecule has 3 rings (SSSR count). The second-order valence-electron chi connectivity index (χ2n) is 6.23. The summed E-state index contributed by atoms with van der Waals surface area (Å²) in [7, 11) is 0. The smallest absolute Gasteiger partial charge is 0.136 e. The standard InChI is InChI=1S/C17H25N3O/c21-17-4-2-1-3-15(17)7-10-19-11-13-20(14-12-19)16-5-8-18-9-6-16/h5-6,8-9,15H,1-4,7,10-14H2. The Balaban J connectivity index is 1.42. The fourth-order valence-electron chi connectivity index (χ4n) is 3.48. The van der Waals surface area contributed by atoms with Crippen molar-refractivity contribution >= 4 is 11.5 Å². The lowest BCUT2D eigenvalue weighted by Crippen LogP contribution is -2.47. The molecule has 114 valence electrons. The van der Waals surface area contributed by atoms with Crippen molar-refractivity contribution in [2.75, 3.05) is 37.6 Å². The first-order valence-electron chi connectivity index (χ1n) is 8.23. The Hall–Kier alpha value is -1.42. The molecule has 4 nitrogen and oxygen atoms in total. The first kappa shape index (κ1) is 14.5. The maximum absolute atomic E-state index is 11.9. The van der Waals surface area contributed by atoms with Crippen molar-refractivity contribution in [3.63, 3.8) is 0 Å². The van der Waals surface area contributed by atoms with Crippen molar-refractivity contribution < 1.29 is 4.79 Å². The number of carbonyl (C=O) groups is 1. The molecule has 1 aliphatic carbocycles. The van der Waals surface area contributed by atoms with Crippen LogP contribution in [0.2, 0.25) is 0 Å². The third-order valence-corrected chi connectivity index (χ3v) is 4.88. The van der Waals surface area contributed by atoms with Crippen molar-refractivity contribution in [2.24, 2.45) is 5.92 Å². The summed E-state index contributed by atoms with van der Waals surface area (Å²) in [5.74, 6) is 0.855. The van der Waals surface area contributed by atoms with Gasteiger partial charge in [0.1, 0.15) is 5.78 Å². The predicted octanol–water partition coefficient (Wildman–Crippen LogP) is 2.35. The third-order valence-electron chi connectivity index (χ3n) is 4.88. The summed E-state index contributed by atoms with van der Waals surface area (Å²) in [6, 6.07) is 4.16. The summed E-state index contributed by atoms with van der Waals surface area (Å²) in [6.45, 7) is 5.43. The average molecular weight is 287 g/mol. The van der Waals surface area contributed by atoms with Gasteiger partial charge in [0.2, 0.25) is 0 Å². The van der Waals surface area contributed by atoms with Crippen LogP contribution in [0.3, 0.4) is 0 Å². The average Bonchev–Trinajstić information content (AvgIpc) is 2.55. The minimum Gasteiger partial charge on any atom is -0.369 e. The van der Waals surface area contributed by atoms with Gasteiger partial charge in [-0.1, -0.05) is 6.42 Å². The highest BCUT2D eigenvalue weighted by Crippen LogP contribution is 2.24. The molecule has 1 unspecified atom stereocenters. The van der Waals surface area contributed by atoms with E-state index in [2.05, 4.69) is 26.9 Å². The molecule has 0 amide bonds. The normalized spacial score (nSPS) is 24.3. The molecule has 1 aromatic heterocycles. The van der Waals surface area contributed by atoms with Crippen LogP contribution in [-0.2, 0) is 4.79 Å². The number of ketones is 1. The fourth-order valence-corrected chi connectivity index (χ4v) is 3.48. The van der Waals surface area contributed by atoms with E-state index in [0.717, 1.165) is 58.4 Å². The molecular formula is C17H25N3O. The lowest BCUT2D eigenvalue weighted by molar-refractivity contribution is -0.124. The van der Waals surface area contributed by atoms with Crippen LogP contribution < -0.4 is 4.90 Å². The van der Waals surface area contributed by atoms with Crippen LogP contribution in [-0.4, -0.2) is 48.4 Å². The summed E-state index contributed by atoms with van der Waals surface area (Å²) in [5.41, 5.74) is 1.27. The number of hydrogen-bond acceptors (Lipinski definition) is 4. The van der Waals surface area contributed by atoms with E-state index in [-0.39, 0.29) is 0 Å². The zero-order valence-corrected chi connectivity index (χ0v) is 12.7. The summed E-state index contributed by atoms with van der Waals surface area (Å²) >= 11 is 0. The van der Waals surface area contributed by atoms with E-state index in [1.807, 2.05) is 12.4 Å². The van der Waals surface area contributed by atoms with Crippen LogP contribution in [0.1, 0.15) is 32.1 Å². The minimum absolute atomic E-state index is 0.344. The second-order valence-corrected chi connectivity index (χ2v) is 6.23. The van der Waals surface area contributed by atoms with Gasteiger partial charge in [-0.2, -0.15) is 0 Å². The zero-order chi connectivity index (χ0) is 14.5. The predicted molar refractivity (Wildman–Crippen MR) is 84.5 cm³/mol. The second kappa shape index (κ2) is 7.03. The van der Waals surface area contributed by atoms with Crippen LogP contribution in [0.4, 0.5) is 5.69 Å². The molecule has 1 aromatic rings. The SMILES string of the molecule is O=C1CCCCC1CCN1CCN(c2ccncc2)CC1. The van der Waals surface area contributed by atoms with Gasteiger partial charge < -0.3 is 4.90 Å². The largest absolute Gasteiger partial charge is 0.369 e. The Kier molecular flexibility index (Phi) is 4.86. The molecule has 2 heterocycles. The van der Waals surface area contributed by atoms with E-state index >= 15 is 0 Å². The fraction of sp³-hybridized carbons (Fsp3) is 0.647. The third kappa shape index (κ3) is 3.82.